The molecule has 3 atom stereocenters. The number of anilines is 1. The number of urea groups is 1. The van der Waals surface area contributed by atoms with Gasteiger partial charge in [-0.2, -0.15) is 11.8 Å². The molecule has 4 heterocycles. The number of alkyl halides is 1. The number of ether oxygens (including phenoxy) is 3. The number of carbonyl (C=O) groups is 5. The Kier molecular flexibility index (Phi) is 19.1. The Labute approximate surface area is 438 Å². The third kappa shape index (κ3) is 13.6. The number of allylic oxidation sites excluding steroid dienone is 5. The molecule has 4 saturated heterocycles. The van der Waals surface area contributed by atoms with Crippen LogP contribution in [0.4, 0.5) is 10.5 Å². The lowest BCUT2D eigenvalue weighted by Gasteiger charge is -2.41. The molecule has 5 N–H and O–H groups in total. The molecule has 0 unspecified atom stereocenters. The first kappa shape index (κ1) is 54.1. The largest absolute Gasteiger partial charge is 0.545 e. The fourth-order valence-corrected chi connectivity index (χ4v) is 12.2. The Balaban J connectivity index is 0.846. The van der Waals surface area contributed by atoms with Gasteiger partial charge in [0.05, 0.1) is 51.1 Å². The number of aromatic carboxylic acids is 1. The first-order valence-electron chi connectivity index (χ1n) is 26.3. The maximum atomic E-state index is 13.6. The predicted octanol–water partition coefficient (Wildman–Crippen LogP) is 4.47. The Morgan fingerprint density at radius 1 is 0.836 bits per heavy atom. The van der Waals surface area contributed by atoms with Crippen molar-refractivity contribution in [1.82, 2.24) is 26.6 Å². The summed E-state index contributed by atoms with van der Waals surface area (Å²) in [6, 6.07) is 11.4. The second-order valence-electron chi connectivity index (χ2n) is 20.2. The van der Waals surface area contributed by atoms with Crippen molar-refractivity contribution in [3.8, 4) is 0 Å². The van der Waals surface area contributed by atoms with Crippen molar-refractivity contribution >= 4 is 70.1 Å². The number of benzene rings is 2. The lowest BCUT2D eigenvalue weighted by Crippen LogP contribution is -2.51. The van der Waals surface area contributed by atoms with Crippen molar-refractivity contribution < 1.29 is 47.9 Å². The number of carbonyl (C=O) groups excluding carboxylic acids is 5. The average Bonchev–Trinajstić information content (AvgIpc) is 3.90. The minimum atomic E-state index is -1.34. The van der Waals surface area contributed by atoms with Crippen molar-refractivity contribution in [3.63, 3.8) is 0 Å². The number of rotatable bonds is 28. The topological polar surface area (TPSA) is 202 Å². The van der Waals surface area contributed by atoms with Crippen LogP contribution >= 0.6 is 23.4 Å². The van der Waals surface area contributed by atoms with Crippen molar-refractivity contribution in [2.75, 3.05) is 102 Å². The Morgan fingerprint density at radius 3 is 2.33 bits per heavy atom. The average molecular weight is 1040 g/mol. The predicted molar refractivity (Wildman–Crippen MR) is 283 cm³/mol. The number of carboxylic acids is 1. The number of thioether (sulfide) groups is 1. The van der Waals surface area contributed by atoms with Crippen molar-refractivity contribution in [2.45, 2.75) is 94.4 Å². The van der Waals surface area contributed by atoms with Gasteiger partial charge in [0, 0.05) is 97.0 Å². The highest BCUT2D eigenvalue weighted by Crippen LogP contribution is 2.51. The number of unbranched alkanes of at least 4 members (excludes halogenated alkanes) is 4. The van der Waals surface area contributed by atoms with Gasteiger partial charge in [-0.15, -0.1) is 11.6 Å². The van der Waals surface area contributed by atoms with E-state index in [4.69, 9.17) is 25.8 Å². The molecule has 4 fully saturated rings. The highest BCUT2D eigenvalue weighted by molar-refractivity contribution is 8.00. The van der Waals surface area contributed by atoms with Gasteiger partial charge in [0.15, 0.2) is 24.7 Å². The third-order valence-corrected chi connectivity index (χ3v) is 16.5. The molecule has 0 bridgehead atoms. The summed E-state index contributed by atoms with van der Waals surface area (Å²) in [4.78, 5) is 66.0. The molecule has 8 rings (SSSR count). The summed E-state index contributed by atoms with van der Waals surface area (Å²) in [6.07, 6.45) is 14.7. The quantitative estimate of drug-likeness (QED) is 0.0349. The SMILES string of the molecule is CC1(C)C2=CC(=[N+]3CC(C(=O)NCCOCCNC(=O)CCCC[C@@H]4SC[C@@H]5NC(=O)N[C@@H]54)C3)C=CC2=C(c2cc(C(=O)NCCOCCOCCCCCCCl)ccc2C(=O)[O-])c2ccc(N3CCC3)cc21. The highest BCUT2D eigenvalue weighted by atomic mass is 35.5. The van der Waals surface area contributed by atoms with Gasteiger partial charge < -0.3 is 55.6 Å². The molecule has 5 amide bonds. The van der Waals surface area contributed by atoms with E-state index >= 15 is 0 Å². The number of fused-ring (bicyclic) bond motifs is 3. The van der Waals surface area contributed by atoms with E-state index in [9.17, 15) is 29.1 Å². The van der Waals surface area contributed by atoms with Crippen LogP contribution in [-0.4, -0.2) is 154 Å². The summed E-state index contributed by atoms with van der Waals surface area (Å²) in [5.41, 5.74) is 6.85. The summed E-state index contributed by atoms with van der Waals surface area (Å²) in [5.74, 6) is -0.301. The van der Waals surface area contributed by atoms with E-state index in [1.807, 2.05) is 23.9 Å². The fraction of sp³-hybridized carbons (Fsp3) is 0.564. The molecule has 6 aliphatic rings. The first-order valence-corrected chi connectivity index (χ1v) is 27.8. The number of nitrogens with one attached hydrogen (secondary N) is 5. The van der Waals surface area contributed by atoms with Crippen LogP contribution in [0.1, 0.15) is 109 Å². The minimum Gasteiger partial charge on any atom is -0.545 e. The van der Waals surface area contributed by atoms with E-state index in [0.29, 0.717) is 94.5 Å². The van der Waals surface area contributed by atoms with Crippen LogP contribution in [0.15, 0.2) is 65.8 Å². The normalized spacial score (nSPS) is 21.3. The van der Waals surface area contributed by atoms with Gasteiger partial charge in [0.25, 0.3) is 5.91 Å². The third-order valence-electron chi connectivity index (χ3n) is 14.8. The number of nitrogens with zero attached hydrogens (tertiary/aromatic N) is 2. The number of halogens is 1. The van der Waals surface area contributed by atoms with Crippen LogP contribution in [0, 0.1) is 5.92 Å². The zero-order valence-corrected chi connectivity index (χ0v) is 43.9. The molecule has 0 saturated carbocycles. The molecule has 2 aromatic carbocycles. The van der Waals surface area contributed by atoms with Gasteiger partial charge >= 0.3 is 6.03 Å². The molecule has 2 aromatic rings. The smallest absolute Gasteiger partial charge is 0.315 e. The second-order valence-corrected chi connectivity index (χ2v) is 21.8. The van der Waals surface area contributed by atoms with E-state index in [0.717, 1.165) is 109 Å². The monoisotopic (exact) mass is 1040 g/mol. The van der Waals surface area contributed by atoms with E-state index < -0.39 is 11.4 Å². The van der Waals surface area contributed by atoms with Crippen LogP contribution in [0.3, 0.4) is 0 Å². The number of carboxylic acid groups (broad SMARTS) is 1. The van der Waals surface area contributed by atoms with Gasteiger partial charge in [-0.1, -0.05) is 45.2 Å². The van der Waals surface area contributed by atoms with Gasteiger partial charge in [0.1, 0.15) is 0 Å². The summed E-state index contributed by atoms with van der Waals surface area (Å²) in [5, 5.41) is 28.1. The minimum absolute atomic E-state index is 0.00554. The molecule has 2 aliphatic carbocycles. The maximum Gasteiger partial charge on any atom is 0.315 e. The van der Waals surface area contributed by atoms with E-state index in [1.54, 1.807) is 6.07 Å². The second kappa shape index (κ2) is 25.8. The highest BCUT2D eigenvalue weighted by Gasteiger charge is 2.44. The van der Waals surface area contributed by atoms with E-state index in [-0.39, 0.29) is 53.9 Å². The standard InChI is InChI=1S/C55H72ClN7O9S/c1-55(2)44-31-38(62-22-9-23-62)13-16-41(44)49(43-30-36(12-15-40(43)53(67)68)51(65)58-21-27-72-29-28-70-24-8-4-3-7-18-56)42-17-14-39(32-45(42)55)63-33-37(34-63)52(66)59-20-26-71-25-19-57-48(64)11-6-5-10-47-50-46(35-73-47)60-54(69)61-50/h12-17,30-32,37,46-47,50H,3-11,18-29,33-35H2,1-2H3,(H5-,57,58,59,60,61,64,65,66,67,68,69)/t46-,47-,50-/m0/s1. The summed E-state index contributed by atoms with van der Waals surface area (Å²) in [6.45, 7) is 11.0. The van der Waals surface area contributed by atoms with Gasteiger partial charge in [0.2, 0.25) is 11.8 Å². The fourth-order valence-electron chi connectivity index (χ4n) is 10.4. The Morgan fingerprint density at radius 2 is 1.58 bits per heavy atom. The van der Waals surface area contributed by atoms with E-state index in [1.165, 1.54) is 12.1 Å². The zero-order chi connectivity index (χ0) is 51.3. The zero-order valence-electron chi connectivity index (χ0n) is 42.3. The van der Waals surface area contributed by atoms with Gasteiger partial charge in [-0.25, -0.2) is 9.37 Å². The van der Waals surface area contributed by atoms with Gasteiger partial charge in [-0.3, -0.25) is 14.4 Å². The van der Waals surface area contributed by atoms with E-state index in [2.05, 4.69) is 74.2 Å². The molecule has 394 valence electrons. The summed E-state index contributed by atoms with van der Waals surface area (Å²) in [7, 11) is 0. The molecule has 73 heavy (non-hydrogen) atoms. The molecule has 0 spiro atoms. The summed E-state index contributed by atoms with van der Waals surface area (Å²) >= 11 is 7.63. The van der Waals surface area contributed by atoms with Crippen molar-refractivity contribution in [3.05, 3.63) is 93.6 Å². The molecule has 16 nitrogen and oxygen atoms in total. The van der Waals surface area contributed by atoms with Crippen LogP contribution in [-0.2, 0) is 29.2 Å². The van der Waals surface area contributed by atoms with Gasteiger partial charge in [-0.05, 0) is 95.9 Å². The van der Waals surface area contributed by atoms with Crippen LogP contribution in [0.2, 0.25) is 0 Å². The molecule has 4 aliphatic heterocycles. The summed E-state index contributed by atoms with van der Waals surface area (Å²) < 4.78 is 19.2. The van der Waals surface area contributed by atoms with Crippen LogP contribution in [0.25, 0.3) is 5.57 Å². The molecule has 0 aromatic heterocycles. The van der Waals surface area contributed by atoms with Crippen LogP contribution < -0.4 is 36.6 Å². The molecule has 0 radical (unpaired) electrons. The lowest BCUT2D eigenvalue weighted by molar-refractivity contribution is -0.596. The Hall–Kier alpha value is -5.20. The van der Waals surface area contributed by atoms with Crippen LogP contribution in [0.5, 0.6) is 0 Å². The lowest BCUT2D eigenvalue weighted by atomic mass is 9.64. The van der Waals surface area contributed by atoms with Crippen molar-refractivity contribution in [1.29, 1.82) is 0 Å². The number of amides is 5. The Bertz CT molecular complexity index is 2480. The number of hydrogen-bond acceptors (Lipinski definition) is 11. The molecular weight excluding hydrogens is 970 g/mol. The molecular formula is C55H72ClN7O9S. The number of hydrogen-bond donors (Lipinski definition) is 5. The van der Waals surface area contributed by atoms with Crippen molar-refractivity contribution in [2.24, 2.45) is 5.92 Å². The molecule has 18 heteroatoms. The first-order chi connectivity index (χ1) is 35.4. The maximum absolute atomic E-state index is 13.6.